The maximum Gasteiger partial charge on any atom is 0.262 e. The van der Waals surface area contributed by atoms with Crippen LogP contribution < -0.4 is 14.8 Å². The maximum absolute atomic E-state index is 13.7. The minimum absolute atomic E-state index is 0.0866. The van der Waals surface area contributed by atoms with Crippen LogP contribution in [0.25, 0.3) is 0 Å². The van der Waals surface area contributed by atoms with Gasteiger partial charge >= 0.3 is 0 Å². The van der Waals surface area contributed by atoms with Crippen LogP contribution in [0.4, 0.5) is 10.1 Å². The van der Waals surface area contributed by atoms with Crippen LogP contribution in [-0.2, 0) is 4.79 Å². The largest absolute Gasteiger partial charge is 0.490 e. The van der Waals surface area contributed by atoms with Crippen LogP contribution in [0.15, 0.2) is 36.4 Å². The first-order valence-electron chi connectivity index (χ1n) is 9.42. The molecule has 0 aromatic heterocycles. The molecule has 1 fully saturated rings. The smallest absolute Gasteiger partial charge is 0.262 e. The van der Waals surface area contributed by atoms with Crippen molar-refractivity contribution in [1.82, 2.24) is 4.90 Å². The summed E-state index contributed by atoms with van der Waals surface area (Å²) in [6.45, 7) is 3.75. The van der Waals surface area contributed by atoms with Crippen LogP contribution >= 0.6 is 23.8 Å². The molecule has 1 saturated heterocycles. The first-order valence-corrected chi connectivity index (χ1v) is 10.2. The zero-order valence-electron chi connectivity index (χ0n) is 16.0. The molecule has 0 spiro atoms. The van der Waals surface area contributed by atoms with Crippen molar-refractivity contribution in [2.75, 3.05) is 31.6 Å². The van der Waals surface area contributed by atoms with Gasteiger partial charge in [0.2, 0.25) is 0 Å². The summed E-state index contributed by atoms with van der Waals surface area (Å²) in [5.41, 5.74) is 0.863. The number of anilines is 1. The van der Waals surface area contributed by atoms with Crippen LogP contribution in [0.5, 0.6) is 11.5 Å². The predicted octanol–water partition coefficient (Wildman–Crippen LogP) is 4.67. The molecule has 0 aliphatic carbocycles. The van der Waals surface area contributed by atoms with Crippen molar-refractivity contribution in [1.29, 1.82) is 0 Å². The first-order chi connectivity index (χ1) is 14.0. The molecule has 1 N–H and O–H groups in total. The summed E-state index contributed by atoms with van der Waals surface area (Å²) in [4.78, 5) is 15.0. The van der Waals surface area contributed by atoms with Crippen molar-refractivity contribution in [3.05, 3.63) is 52.8 Å². The Bertz CT molecular complexity index is 903. The molecule has 8 heteroatoms. The summed E-state index contributed by atoms with van der Waals surface area (Å²) in [6.07, 6.45) is 2.23. The standard InChI is InChI=1S/C21H22ClFN2O3S/c1-2-27-18-12-14(21(29)25-9-5-6-10-25)11-15(22)20(18)28-13-19(26)24-17-8-4-3-7-16(17)23/h3-4,7-8,11-12H,2,5-6,9-10,13H2,1H3,(H,24,26). The van der Waals surface area contributed by atoms with Gasteiger partial charge < -0.3 is 19.7 Å². The minimum Gasteiger partial charge on any atom is -0.490 e. The zero-order valence-corrected chi connectivity index (χ0v) is 17.6. The lowest BCUT2D eigenvalue weighted by molar-refractivity contribution is -0.118. The lowest BCUT2D eigenvalue weighted by Gasteiger charge is -2.21. The van der Waals surface area contributed by atoms with Crippen LogP contribution in [0.2, 0.25) is 5.02 Å². The number of para-hydroxylation sites is 1. The first kappa shape index (κ1) is 21.3. The highest BCUT2D eigenvalue weighted by molar-refractivity contribution is 7.80. The Morgan fingerprint density at radius 3 is 2.66 bits per heavy atom. The number of likely N-dealkylation sites (tertiary alicyclic amines) is 1. The fourth-order valence-electron chi connectivity index (χ4n) is 3.08. The second kappa shape index (κ2) is 9.89. The number of amides is 1. The van der Waals surface area contributed by atoms with Crippen LogP contribution in [0, 0.1) is 5.82 Å². The van der Waals surface area contributed by atoms with Crippen molar-refractivity contribution >= 4 is 40.4 Å². The molecule has 1 aliphatic heterocycles. The lowest BCUT2D eigenvalue weighted by Crippen LogP contribution is -2.26. The molecule has 1 amide bonds. The molecule has 29 heavy (non-hydrogen) atoms. The van der Waals surface area contributed by atoms with Crippen LogP contribution in [0.3, 0.4) is 0 Å². The zero-order chi connectivity index (χ0) is 20.8. The second-order valence-corrected chi connectivity index (χ2v) is 7.33. The monoisotopic (exact) mass is 436 g/mol. The molecular weight excluding hydrogens is 415 g/mol. The van der Waals surface area contributed by atoms with Gasteiger partial charge in [0, 0.05) is 18.7 Å². The van der Waals surface area contributed by atoms with Crippen molar-refractivity contribution in [2.24, 2.45) is 0 Å². The van der Waals surface area contributed by atoms with E-state index in [-0.39, 0.29) is 18.0 Å². The van der Waals surface area contributed by atoms with Gasteiger partial charge in [-0.25, -0.2) is 4.39 Å². The average molecular weight is 437 g/mol. The summed E-state index contributed by atoms with van der Waals surface area (Å²) in [7, 11) is 0. The van der Waals surface area contributed by atoms with Crippen molar-refractivity contribution in [3.63, 3.8) is 0 Å². The van der Waals surface area contributed by atoms with Gasteiger partial charge in [-0.2, -0.15) is 0 Å². The fourth-order valence-corrected chi connectivity index (χ4v) is 3.65. The predicted molar refractivity (Wildman–Crippen MR) is 116 cm³/mol. The molecule has 5 nitrogen and oxygen atoms in total. The number of benzene rings is 2. The van der Waals surface area contributed by atoms with Gasteiger partial charge in [-0.15, -0.1) is 0 Å². The lowest BCUT2D eigenvalue weighted by atomic mass is 10.2. The van der Waals surface area contributed by atoms with E-state index in [2.05, 4.69) is 10.2 Å². The molecule has 0 radical (unpaired) electrons. The van der Waals surface area contributed by atoms with Gasteiger partial charge in [-0.05, 0) is 44.0 Å². The Kier molecular flexibility index (Phi) is 7.28. The highest BCUT2D eigenvalue weighted by Crippen LogP contribution is 2.37. The summed E-state index contributed by atoms with van der Waals surface area (Å²) in [5.74, 6) is -0.362. The summed E-state index contributed by atoms with van der Waals surface area (Å²) < 4.78 is 24.9. The van der Waals surface area contributed by atoms with Gasteiger partial charge in [-0.1, -0.05) is 36.0 Å². The number of thiocarbonyl (C=S) groups is 1. The molecule has 1 aliphatic rings. The van der Waals surface area contributed by atoms with E-state index in [1.54, 1.807) is 24.3 Å². The Balaban J connectivity index is 1.73. The van der Waals surface area contributed by atoms with E-state index in [0.29, 0.717) is 22.4 Å². The molecule has 0 atom stereocenters. The molecule has 2 aromatic rings. The molecule has 154 valence electrons. The highest BCUT2D eigenvalue weighted by Gasteiger charge is 2.21. The van der Waals surface area contributed by atoms with E-state index in [1.807, 2.05) is 6.92 Å². The van der Waals surface area contributed by atoms with Crippen molar-refractivity contribution in [2.45, 2.75) is 19.8 Å². The number of carbonyl (C=O) groups is 1. The number of nitrogens with one attached hydrogen (secondary N) is 1. The third-order valence-corrected chi connectivity index (χ3v) is 5.22. The molecule has 0 unspecified atom stereocenters. The maximum atomic E-state index is 13.7. The van der Waals surface area contributed by atoms with Gasteiger partial charge in [-0.3, -0.25) is 4.79 Å². The van der Waals surface area contributed by atoms with Crippen LogP contribution in [0.1, 0.15) is 25.3 Å². The van der Waals surface area contributed by atoms with E-state index in [9.17, 15) is 9.18 Å². The number of rotatable bonds is 7. The molecule has 2 aromatic carbocycles. The number of hydrogen-bond acceptors (Lipinski definition) is 4. The van der Waals surface area contributed by atoms with E-state index >= 15 is 0 Å². The van der Waals surface area contributed by atoms with Gasteiger partial charge in [0.25, 0.3) is 5.91 Å². The van der Waals surface area contributed by atoms with Crippen molar-refractivity contribution in [3.8, 4) is 11.5 Å². The van der Waals surface area contributed by atoms with E-state index in [4.69, 9.17) is 33.3 Å². The van der Waals surface area contributed by atoms with Crippen molar-refractivity contribution < 1.29 is 18.7 Å². The molecule has 1 heterocycles. The summed E-state index contributed by atoms with van der Waals surface area (Å²) in [6, 6.07) is 9.41. The summed E-state index contributed by atoms with van der Waals surface area (Å²) in [5, 5.41) is 2.77. The molecule has 0 bridgehead atoms. The van der Waals surface area contributed by atoms with E-state index in [1.165, 1.54) is 12.1 Å². The summed E-state index contributed by atoms with van der Waals surface area (Å²) >= 11 is 12.0. The molecule has 3 rings (SSSR count). The highest BCUT2D eigenvalue weighted by atomic mass is 35.5. The van der Waals surface area contributed by atoms with Gasteiger partial charge in [0.15, 0.2) is 18.1 Å². The number of halogens is 2. The normalized spacial score (nSPS) is 13.3. The van der Waals surface area contributed by atoms with Crippen LogP contribution in [-0.4, -0.2) is 42.1 Å². The topological polar surface area (TPSA) is 50.8 Å². The van der Waals surface area contributed by atoms with E-state index in [0.717, 1.165) is 31.5 Å². The molecule has 0 saturated carbocycles. The number of carbonyl (C=O) groups excluding carboxylic acids is 1. The SMILES string of the molecule is CCOc1cc(C(=S)N2CCCC2)cc(Cl)c1OCC(=O)Nc1ccccc1F. The van der Waals surface area contributed by atoms with Gasteiger partial charge in [0.05, 0.1) is 17.3 Å². The Morgan fingerprint density at radius 2 is 1.97 bits per heavy atom. The number of nitrogens with zero attached hydrogens (tertiary/aromatic N) is 1. The average Bonchev–Trinajstić information content (AvgIpc) is 3.23. The molecular formula is C21H22ClFN2O3S. The Morgan fingerprint density at radius 1 is 1.24 bits per heavy atom. The number of hydrogen-bond donors (Lipinski definition) is 1. The van der Waals surface area contributed by atoms with Gasteiger partial charge in [0.1, 0.15) is 10.8 Å². The van der Waals surface area contributed by atoms with E-state index < -0.39 is 11.7 Å². The quantitative estimate of drug-likeness (QED) is 0.639. The Hall–Kier alpha value is -2.38. The Labute approximate surface area is 179 Å². The minimum atomic E-state index is -0.520. The fraction of sp³-hybridized carbons (Fsp3) is 0.333. The third kappa shape index (κ3) is 5.36. The second-order valence-electron chi connectivity index (χ2n) is 6.53. The number of ether oxygens (including phenoxy) is 2. The third-order valence-electron chi connectivity index (χ3n) is 4.45.